The highest BCUT2D eigenvalue weighted by molar-refractivity contribution is 5.66. The molecule has 0 radical (unpaired) electrons. The van der Waals surface area contributed by atoms with Crippen LogP contribution < -0.4 is 0 Å². The van der Waals surface area contributed by atoms with Crippen molar-refractivity contribution in [1.82, 2.24) is 0 Å². The molecule has 5 heteroatoms. The third-order valence-corrected chi connectivity index (χ3v) is 5.51. The van der Waals surface area contributed by atoms with E-state index in [2.05, 4.69) is 6.92 Å². The van der Waals surface area contributed by atoms with Crippen LogP contribution in [0.15, 0.2) is 24.3 Å². The Balaban J connectivity index is 1.81. The van der Waals surface area contributed by atoms with Crippen LogP contribution >= 0.6 is 0 Å². The highest BCUT2D eigenvalue weighted by Crippen LogP contribution is 2.52. The predicted molar refractivity (Wildman–Crippen MR) is 96.2 cm³/mol. The Labute approximate surface area is 150 Å². The Bertz CT molecular complexity index is 486. The smallest absolute Gasteiger partial charge is 0.303 e. The topological polar surface area (TPSA) is 87.0 Å². The molecule has 2 aliphatic rings. The lowest BCUT2D eigenvalue weighted by atomic mass is 9.86. The summed E-state index contributed by atoms with van der Waals surface area (Å²) in [5.74, 6) is -0.498. The molecule has 0 spiro atoms. The fourth-order valence-corrected chi connectivity index (χ4v) is 4.20. The minimum absolute atomic E-state index is 0.0115. The first-order chi connectivity index (χ1) is 12.0. The molecule has 0 aromatic carbocycles. The summed E-state index contributed by atoms with van der Waals surface area (Å²) in [7, 11) is 0. The largest absolute Gasteiger partial charge is 0.481 e. The van der Waals surface area contributed by atoms with Crippen LogP contribution in [0.4, 0.5) is 0 Å². The summed E-state index contributed by atoms with van der Waals surface area (Å²) in [5.41, 5.74) is -0.743. The van der Waals surface area contributed by atoms with Gasteiger partial charge in [0.15, 0.2) is 0 Å². The van der Waals surface area contributed by atoms with Gasteiger partial charge in [-0.05, 0) is 44.4 Å². The number of aliphatic hydroxyl groups is 2. The highest BCUT2D eigenvalue weighted by atomic mass is 16.5. The zero-order valence-corrected chi connectivity index (χ0v) is 15.1. The number of carbonyl (C=O) groups is 1. The third-order valence-electron chi connectivity index (χ3n) is 5.51. The number of aliphatic hydroxyl groups excluding tert-OH is 1. The second-order valence-corrected chi connectivity index (χ2v) is 7.37. The maximum absolute atomic E-state index is 11.1. The van der Waals surface area contributed by atoms with Gasteiger partial charge in [-0.2, -0.15) is 0 Å². The number of ether oxygens (including phenoxy) is 1. The van der Waals surface area contributed by atoms with Gasteiger partial charge in [-0.1, -0.05) is 31.2 Å². The zero-order valence-electron chi connectivity index (χ0n) is 15.1. The number of aliphatic carboxylic acids is 1. The summed E-state index contributed by atoms with van der Waals surface area (Å²) in [4.78, 5) is 10.5. The molecule has 142 valence electrons. The molecule has 0 aromatic rings. The van der Waals surface area contributed by atoms with Gasteiger partial charge in [-0.3, -0.25) is 4.79 Å². The van der Waals surface area contributed by atoms with E-state index in [1.54, 1.807) is 0 Å². The molecule has 2 rings (SSSR count). The lowest BCUT2D eigenvalue weighted by Gasteiger charge is -2.28. The summed E-state index contributed by atoms with van der Waals surface area (Å²) >= 11 is 0. The predicted octanol–water partition coefficient (Wildman–Crippen LogP) is 3.06. The van der Waals surface area contributed by atoms with Gasteiger partial charge in [0.1, 0.15) is 0 Å². The molecule has 0 heterocycles. The number of rotatable bonds is 10. The van der Waals surface area contributed by atoms with Gasteiger partial charge in [0.25, 0.3) is 0 Å². The number of carboxylic acid groups (broad SMARTS) is 1. The van der Waals surface area contributed by atoms with Gasteiger partial charge in [-0.15, -0.1) is 0 Å². The van der Waals surface area contributed by atoms with Crippen molar-refractivity contribution >= 4 is 5.97 Å². The van der Waals surface area contributed by atoms with Crippen LogP contribution in [0.1, 0.15) is 58.3 Å². The van der Waals surface area contributed by atoms with E-state index in [0.717, 1.165) is 25.7 Å². The van der Waals surface area contributed by atoms with Gasteiger partial charge < -0.3 is 20.1 Å². The van der Waals surface area contributed by atoms with Crippen LogP contribution in [0.2, 0.25) is 0 Å². The van der Waals surface area contributed by atoms with Crippen molar-refractivity contribution in [2.24, 2.45) is 11.8 Å². The number of hydrogen-bond acceptors (Lipinski definition) is 4. The first-order valence-electron chi connectivity index (χ1n) is 9.52. The Morgan fingerprint density at radius 2 is 2.16 bits per heavy atom. The summed E-state index contributed by atoms with van der Waals surface area (Å²) in [6.45, 7) is 2.50. The van der Waals surface area contributed by atoms with Crippen molar-refractivity contribution in [2.75, 3.05) is 6.61 Å². The lowest BCUT2D eigenvalue weighted by Crippen LogP contribution is -2.35. The van der Waals surface area contributed by atoms with E-state index >= 15 is 0 Å². The number of carboxylic acids is 1. The summed E-state index contributed by atoms with van der Waals surface area (Å²) in [6.07, 6.45) is 12.9. The molecule has 5 atom stereocenters. The summed E-state index contributed by atoms with van der Waals surface area (Å²) < 4.78 is 5.79. The van der Waals surface area contributed by atoms with Crippen LogP contribution in [0, 0.1) is 11.8 Å². The fourth-order valence-electron chi connectivity index (χ4n) is 4.20. The molecule has 25 heavy (non-hydrogen) atoms. The lowest BCUT2D eigenvalue weighted by molar-refractivity contribution is -0.137. The molecule has 3 N–H and O–H groups in total. The summed E-state index contributed by atoms with van der Waals surface area (Å²) in [5, 5.41) is 29.8. The van der Waals surface area contributed by atoms with Crippen molar-refractivity contribution in [3.05, 3.63) is 24.3 Å². The van der Waals surface area contributed by atoms with E-state index in [1.165, 1.54) is 0 Å². The zero-order chi connectivity index (χ0) is 18.3. The monoisotopic (exact) mass is 352 g/mol. The Kier molecular flexibility index (Phi) is 7.66. The fraction of sp³-hybridized carbons (Fsp3) is 0.750. The number of hydrogen-bond donors (Lipinski definition) is 3. The first kappa shape index (κ1) is 20.1. The highest BCUT2D eigenvalue weighted by Gasteiger charge is 2.54. The van der Waals surface area contributed by atoms with E-state index in [9.17, 15) is 15.0 Å². The van der Waals surface area contributed by atoms with Crippen molar-refractivity contribution in [1.29, 1.82) is 0 Å². The van der Waals surface area contributed by atoms with Crippen LogP contribution in [-0.2, 0) is 9.53 Å². The van der Waals surface area contributed by atoms with E-state index < -0.39 is 17.7 Å². The summed E-state index contributed by atoms with van der Waals surface area (Å²) in [6, 6.07) is 0. The first-order valence-corrected chi connectivity index (χ1v) is 9.52. The standard InChI is InChI=1S/C20H32O5/c1-2-3-4-6-17(21)11-10-15-8-9-16-13-18(14-20(15,16)24)25-12-5-7-19(22)23/h3-4,10-11,15-18,21,24H,2,5-9,12-14H2,1H3,(H,22,23)/t15-,16-,17?,18?,20+/m0/s1. The normalized spacial score (nSPS) is 33.3. The Morgan fingerprint density at radius 1 is 1.36 bits per heavy atom. The van der Waals surface area contributed by atoms with E-state index in [0.29, 0.717) is 25.9 Å². The van der Waals surface area contributed by atoms with Crippen molar-refractivity contribution in [3.8, 4) is 0 Å². The maximum atomic E-state index is 11.1. The second-order valence-electron chi connectivity index (χ2n) is 7.37. The molecular formula is C20H32O5. The Morgan fingerprint density at radius 3 is 2.88 bits per heavy atom. The molecule has 0 amide bonds. The second kappa shape index (κ2) is 9.51. The van der Waals surface area contributed by atoms with E-state index in [-0.39, 0.29) is 24.4 Å². The van der Waals surface area contributed by atoms with Crippen molar-refractivity contribution in [2.45, 2.75) is 76.1 Å². The van der Waals surface area contributed by atoms with Gasteiger partial charge in [0.05, 0.1) is 17.8 Å². The van der Waals surface area contributed by atoms with Crippen molar-refractivity contribution in [3.63, 3.8) is 0 Å². The minimum Gasteiger partial charge on any atom is -0.481 e. The third kappa shape index (κ3) is 5.66. The molecule has 0 aromatic heterocycles. The van der Waals surface area contributed by atoms with Crippen LogP contribution in [0.25, 0.3) is 0 Å². The molecule has 2 unspecified atom stereocenters. The van der Waals surface area contributed by atoms with E-state index in [4.69, 9.17) is 9.84 Å². The molecule has 0 saturated heterocycles. The molecule has 2 aliphatic carbocycles. The van der Waals surface area contributed by atoms with Gasteiger partial charge in [0.2, 0.25) is 0 Å². The molecular weight excluding hydrogens is 320 g/mol. The van der Waals surface area contributed by atoms with Gasteiger partial charge >= 0.3 is 5.97 Å². The number of fused-ring (bicyclic) bond motifs is 1. The maximum Gasteiger partial charge on any atom is 0.303 e. The van der Waals surface area contributed by atoms with Crippen LogP contribution in [0.3, 0.4) is 0 Å². The molecule has 0 aliphatic heterocycles. The van der Waals surface area contributed by atoms with Crippen LogP contribution in [-0.4, -0.2) is 45.7 Å². The molecule has 5 nitrogen and oxygen atoms in total. The molecule has 2 fully saturated rings. The van der Waals surface area contributed by atoms with Crippen LogP contribution in [0.5, 0.6) is 0 Å². The van der Waals surface area contributed by atoms with Gasteiger partial charge in [-0.25, -0.2) is 0 Å². The van der Waals surface area contributed by atoms with E-state index in [1.807, 2.05) is 24.3 Å². The minimum atomic E-state index is -0.803. The average molecular weight is 352 g/mol. The SMILES string of the molecule is CCC=CCC(O)C=C[C@@H]1CC[C@H]2CC(OCCCC(=O)O)C[C@]21O. The van der Waals surface area contributed by atoms with Crippen molar-refractivity contribution < 1.29 is 24.9 Å². The van der Waals surface area contributed by atoms with Gasteiger partial charge in [0, 0.05) is 25.4 Å². The Hall–Kier alpha value is -1.17. The quantitative estimate of drug-likeness (QED) is 0.415. The average Bonchev–Trinajstić information content (AvgIpc) is 3.03. The molecule has 0 bridgehead atoms. The molecule has 2 saturated carbocycles. The number of allylic oxidation sites excluding steroid dienone is 1.